The largest absolute Gasteiger partial charge is 0.370 e. The van der Waals surface area contributed by atoms with Gasteiger partial charge in [-0.15, -0.1) is 0 Å². The van der Waals surface area contributed by atoms with Gasteiger partial charge < -0.3 is 11.1 Å². The van der Waals surface area contributed by atoms with Crippen LogP contribution in [0.1, 0.15) is 18.9 Å². The lowest BCUT2D eigenvalue weighted by Crippen LogP contribution is -2.25. The molecule has 0 aliphatic rings. The predicted octanol–water partition coefficient (Wildman–Crippen LogP) is 2.10. The lowest BCUT2D eigenvalue weighted by atomic mass is 10.1. The number of carbonyl (C=O) groups excluding carboxylic acids is 2. The van der Waals surface area contributed by atoms with Crippen LogP contribution < -0.4 is 11.1 Å². The van der Waals surface area contributed by atoms with E-state index >= 15 is 0 Å². The molecule has 4 nitrogen and oxygen atoms in total. The smallest absolute Gasteiger partial charge is 0.227 e. The van der Waals surface area contributed by atoms with E-state index in [1.54, 1.807) is 19.1 Å². The van der Waals surface area contributed by atoms with Crippen molar-refractivity contribution in [2.75, 3.05) is 5.32 Å². The molecule has 5 heteroatoms. The van der Waals surface area contributed by atoms with Crippen LogP contribution >= 0.6 is 11.6 Å². The molecule has 1 unspecified atom stereocenters. The van der Waals surface area contributed by atoms with E-state index in [9.17, 15) is 9.59 Å². The summed E-state index contributed by atoms with van der Waals surface area (Å²) in [6, 6.07) is 5.25. The van der Waals surface area contributed by atoms with Gasteiger partial charge in [0.15, 0.2) is 0 Å². The molecule has 0 heterocycles. The third-order valence-electron chi connectivity index (χ3n) is 2.39. The second-order valence-corrected chi connectivity index (χ2v) is 4.43. The second kappa shape index (κ2) is 5.68. The van der Waals surface area contributed by atoms with Crippen LogP contribution in [-0.4, -0.2) is 11.8 Å². The van der Waals surface area contributed by atoms with Crippen molar-refractivity contribution < 1.29 is 9.59 Å². The van der Waals surface area contributed by atoms with Crippen LogP contribution in [0.25, 0.3) is 0 Å². The average Bonchev–Trinajstić information content (AvgIpc) is 2.22. The zero-order valence-corrected chi connectivity index (χ0v) is 10.5. The molecule has 92 valence electrons. The molecular weight excluding hydrogens is 240 g/mol. The summed E-state index contributed by atoms with van der Waals surface area (Å²) >= 11 is 5.94. The van der Waals surface area contributed by atoms with Gasteiger partial charge >= 0.3 is 0 Å². The van der Waals surface area contributed by atoms with Crippen LogP contribution in [0.3, 0.4) is 0 Å². The summed E-state index contributed by atoms with van der Waals surface area (Å²) in [7, 11) is 0. The number of hydrogen-bond acceptors (Lipinski definition) is 2. The fraction of sp³-hybridized carbons (Fsp3) is 0.333. The van der Waals surface area contributed by atoms with Crippen molar-refractivity contribution in [3.05, 3.63) is 28.8 Å². The summed E-state index contributed by atoms with van der Waals surface area (Å²) in [6.07, 6.45) is 0.0332. The maximum atomic E-state index is 11.7. The molecular formula is C12H15ClN2O2. The third-order valence-corrected chi connectivity index (χ3v) is 2.80. The first-order chi connectivity index (χ1) is 7.90. The maximum absolute atomic E-state index is 11.7. The van der Waals surface area contributed by atoms with E-state index < -0.39 is 11.8 Å². The zero-order valence-electron chi connectivity index (χ0n) is 9.79. The molecule has 2 amide bonds. The zero-order chi connectivity index (χ0) is 13.0. The Morgan fingerprint density at radius 2 is 2.12 bits per heavy atom. The first-order valence-corrected chi connectivity index (χ1v) is 5.63. The Labute approximate surface area is 105 Å². The number of carbonyl (C=O) groups is 2. The molecule has 0 fully saturated rings. The Kier molecular flexibility index (Phi) is 4.52. The van der Waals surface area contributed by atoms with Gasteiger partial charge in [0.25, 0.3) is 0 Å². The third kappa shape index (κ3) is 4.07. The van der Waals surface area contributed by atoms with Gasteiger partial charge in [-0.2, -0.15) is 0 Å². The number of hydrogen-bond donors (Lipinski definition) is 2. The Morgan fingerprint density at radius 3 is 2.65 bits per heavy atom. The van der Waals surface area contributed by atoms with Crippen LogP contribution in [0, 0.1) is 12.8 Å². The Balaban J connectivity index is 2.67. The summed E-state index contributed by atoms with van der Waals surface area (Å²) in [5.41, 5.74) is 6.58. The molecule has 0 aromatic heterocycles. The minimum Gasteiger partial charge on any atom is -0.370 e. The van der Waals surface area contributed by atoms with Gasteiger partial charge in [0.05, 0.1) is 0 Å². The highest BCUT2D eigenvalue weighted by molar-refractivity contribution is 6.31. The molecule has 1 rings (SSSR count). The highest BCUT2D eigenvalue weighted by Gasteiger charge is 2.15. The highest BCUT2D eigenvalue weighted by atomic mass is 35.5. The molecule has 0 saturated heterocycles. The van der Waals surface area contributed by atoms with Gasteiger partial charge in [-0.25, -0.2) is 0 Å². The van der Waals surface area contributed by atoms with Gasteiger partial charge in [0, 0.05) is 23.0 Å². The molecule has 17 heavy (non-hydrogen) atoms. The van der Waals surface area contributed by atoms with E-state index in [1.165, 1.54) is 0 Å². The molecule has 0 aliphatic carbocycles. The molecule has 0 saturated carbocycles. The number of benzene rings is 1. The molecule has 1 aromatic carbocycles. The maximum Gasteiger partial charge on any atom is 0.227 e. The number of anilines is 1. The van der Waals surface area contributed by atoms with Gasteiger partial charge in [-0.05, 0) is 24.6 Å². The van der Waals surface area contributed by atoms with Crippen LogP contribution in [-0.2, 0) is 9.59 Å². The topological polar surface area (TPSA) is 72.2 Å². The number of aryl methyl sites for hydroxylation is 1. The summed E-state index contributed by atoms with van der Waals surface area (Å²) in [5.74, 6) is -1.19. The number of nitrogens with one attached hydrogen (secondary N) is 1. The number of halogens is 1. The number of primary amides is 1. The van der Waals surface area contributed by atoms with E-state index in [4.69, 9.17) is 17.3 Å². The van der Waals surface area contributed by atoms with Gasteiger partial charge in [0.1, 0.15) is 0 Å². The molecule has 3 N–H and O–H groups in total. The Hall–Kier alpha value is -1.55. The summed E-state index contributed by atoms with van der Waals surface area (Å²) in [4.78, 5) is 22.4. The molecule has 0 spiro atoms. The normalized spacial score (nSPS) is 11.9. The van der Waals surface area contributed by atoms with Crippen molar-refractivity contribution in [1.29, 1.82) is 0 Å². The van der Waals surface area contributed by atoms with E-state index in [0.29, 0.717) is 10.7 Å². The standard InChI is InChI=1S/C12H15ClN2O2/c1-7-3-4-9(6-10(7)13)15-12(17)8(2)5-11(14)16/h3-4,6,8H,5H2,1-2H3,(H2,14,16)(H,15,17). The minimum atomic E-state index is -0.491. The van der Waals surface area contributed by atoms with Crippen molar-refractivity contribution in [2.45, 2.75) is 20.3 Å². The van der Waals surface area contributed by atoms with Crippen molar-refractivity contribution in [3.63, 3.8) is 0 Å². The fourth-order valence-corrected chi connectivity index (χ4v) is 1.51. The Morgan fingerprint density at radius 1 is 1.47 bits per heavy atom. The van der Waals surface area contributed by atoms with E-state index in [2.05, 4.69) is 5.32 Å². The van der Waals surface area contributed by atoms with Crippen LogP contribution in [0.4, 0.5) is 5.69 Å². The van der Waals surface area contributed by atoms with Crippen molar-refractivity contribution in [2.24, 2.45) is 11.7 Å². The lowest BCUT2D eigenvalue weighted by Gasteiger charge is -2.11. The SMILES string of the molecule is Cc1ccc(NC(=O)C(C)CC(N)=O)cc1Cl. The van der Waals surface area contributed by atoms with Gasteiger partial charge in [-0.1, -0.05) is 24.6 Å². The van der Waals surface area contributed by atoms with Gasteiger partial charge in [-0.3, -0.25) is 9.59 Å². The van der Waals surface area contributed by atoms with Crippen LogP contribution in [0.5, 0.6) is 0 Å². The molecule has 1 atom stereocenters. The predicted molar refractivity (Wildman–Crippen MR) is 67.8 cm³/mol. The van der Waals surface area contributed by atoms with Crippen molar-refractivity contribution >= 4 is 29.1 Å². The van der Waals surface area contributed by atoms with E-state index in [0.717, 1.165) is 5.56 Å². The fourth-order valence-electron chi connectivity index (χ4n) is 1.33. The number of amides is 2. The number of rotatable bonds is 4. The Bertz CT molecular complexity index is 446. The van der Waals surface area contributed by atoms with Crippen LogP contribution in [0.2, 0.25) is 5.02 Å². The summed E-state index contributed by atoms with van der Waals surface area (Å²) < 4.78 is 0. The van der Waals surface area contributed by atoms with E-state index in [-0.39, 0.29) is 12.3 Å². The van der Waals surface area contributed by atoms with E-state index in [1.807, 2.05) is 13.0 Å². The minimum absolute atomic E-state index is 0.0332. The van der Waals surface area contributed by atoms with Crippen molar-refractivity contribution in [3.8, 4) is 0 Å². The van der Waals surface area contributed by atoms with Crippen LogP contribution in [0.15, 0.2) is 18.2 Å². The molecule has 0 radical (unpaired) electrons. The average molecular weight is 255 g/mol. The van der Waals surface area contributed by atoms with Gasteiger partial charge in [0.2, 0.25) is 11.8 Å². The molecule has 0 bridgehead atoms. The quantitative estimate of drug-likeness (QED) is 0.864. The number of nitrogens with two attached hydrogens (primary N) is 1. The first-order valence-electron chi connectivity index (χ1n) is 5.25. The van der Waals surface area contributed by atoms with Crippen molar-refractivity contribution in [1.82, 2.24) is 0 Å². The highest BCUT2D eigenvalue weighted by Crippen LogP contribution is 2.20. The monoisotopic (exact) mass is 254 g/mol. The second-order valence-electron chi connectivity index (χ2n) is 4.02. The first kappa shape index (κ1) is 13.5. The lowest BCUT2D eigenvalue weighted by molar-refractivity contribution is -0.125. The summed E-state index contributed by atoms with van der Waals surface area (Å²) in [6.45, 7) is 3.53. The molecule has 0 aliphatic heterocycles. The molecule has 1 aromatic rings. The summed E-state index contributed by atoms with van der Waals surface area (Å²) in [5, 5.41) is 3.27.